The molecule has 0 radical (unpaired) electrons. The number of likely N-dealkylation sites (tertiary alicyclic amines) is 1. The second kappa shape index (κ2) is 13.9. The Morgan fingerprint density at radius 2 is 1.69 bits per heavy atom. The van der Waals surface area contributed by atoms with Crippen molar-refractivity contribution in [1.82, 2.24) is 9.80 Å². The molecule has 220 valence electrons. The quantitative estimate of drug-likeness (QED) is 0.180. The summed E-state index contributed by atoms with van der Waals surface area (Å²) in [5.41, 5.74) is 2.10. The van der Waals surface area contributed by atoms with Gasteiger partial charge in [-0.25, -0.2) is 0 Å². The van der Waals surface area contributed by atoms with E-state index in [1.165, 1.54) is 0 Å². The topological polar surface area (TPSA) is 88.5 Å². The Bertz CT molecular complexity index is 1420. The number of aliphatic hydroxyl groups is 1. The number of ketones is 1. The summed E-state index contributed by atoms with van der Waals surface area (Å²) in [4.78, 5) is 30.7. The number of morpholine rings is 1. The van der Waals surface area contributed by atoms with Crippen LogP contribution in [0.2, 0.25) is 5.02 Å². The van der Waals surface area contributed by atoms with E-state index in [1.807, 2.05) is 43.3 Å². The van der Waals surface area contributed by atoms with Gasteiger partial charge in [-0.15, -0.1) is 0 Å². The normalized spacial score (nSPS) is 18.8. The standard InChI is InChI=1S/C33H35ClN2O6/c1-2-41-28-21-25(11-14-27(28)42-22-23-7-4-3-5-8-23)30-29(31(37)24-9-12-26(34)13-10-24)32(38)33(39)36(30)16-6-15-35-17-19-40-20-18-35/h3-5,7-14,21,30,37H,2,6,15-20,22H2,1H3. The molecular weight excluding hydrogens is 556 g/mol. The number of hydrogen-bond acceptors (Lipinski definition) is 7. The van der Waals surface area contributed by atoms with Crippen molar-refractivity contribution >= 4 is 29.1 Å². The molecule has 0 aromatic heterocycles. The molecule has 1 amide bonds. The Labute approximate surface area is 251 Å². The third kappa shape index (κ3) is 6.78. The highest BCUT2D eigenvalue weighted by molar-refractivity contribution is 6.46. The summed E-state index contributed by atoms with van der Waals surface area (Å²) >= 11 is 6.06. The van der Waals surface area contributed by atoms with Crippen LogP contribution in [0.4, 0.5) is 0 Å². The summed E-state index contributed by atoms with van der Waals surface area (Å²) in [6.07, 6.45) is 0.668. The van der Waals surface area contributed by atoms with Crippen LogP contribution >= 0.6 is 11.6 Å². The summed E-state index contributed by atoms with van der Waals surface area (Å²) in [7, 11) is 0. The van der Waals surface area contributed by atoms with Gasteiger partial charge >= 0.3 is 0 Å². The summed E-state index contributed by atoms with van der Waals surface area (Å²) < 4.78 is 17.5. The van der Waals surface area contributed by atoms with Gasteiger partial charge in [0.05, 0.1) is 31.4 Å². The molecule has 3 aromatic carbocycles. The highest BCUT2D eigenvalue weighted by atomic mass is 35.5. The van der Waals surface area contributed by atoms with Crippen LogP contribution in [0.5, 0.6) is 11.5 Å². The molecule has 2 saturated heterocycles. The van der Waals surface area contributed by atoms with E-state index in [2.05, 4.69) is 4.90 Å². The van der Waals surface area contributed by atoms with Crippen molar-refractivity contribution in [2.24, 2.45) is 0 Å². The summed E-state index contributed by atoms with van der Waals surface area (Å²) in [5.74, 6) is -0.558. The number of rotatable bonds is 11. The lowest BCUT2D eigenvalue weighted by Crippen LogP contribution is -2.39. The smallest absolute Gasteiger partial charge is 0.295 e. The number of nitrogens with zero attached hydrogens (tertiary/aromatic N) is 2. The number of hydrogen-bond donors (Lipinski definition) is 1. The molecule has 8 nitrogen and oxygen atoms in total. The van der Waals surface area contributed by atoms with E-state index in [0.717, 1.165) is 25.2 Å². The first-order valence-corrected chi connectivity index (χ1v) is 14.6. The minimum Gasteiger partial charge on any atom is -0.507 e. The van der Waals surface area contributed by atoms with E-state index in [0.29, 0.717) is 67.0 Å². The van der Waals surface area contributed by atoms with Gasteiger partial charge in [0.15, 0.2) is 11.5 Å². The number of Topliss-reactive ketones (excluding diaryl/α,β-unsaturated/α-hetero) is 1. The van der Waals surface area contributed by atoms with E-state index < -0.39 is 17.7 Å². The number of ether oxygens (including phenoxy) is 3. The summed E-state index contributed by atoms with van der Waals surface area (Å²) in [6.45, 7) is 6.79. The van der Waals surface area contributed by atoms with Gasteiger partial charge in [-0.1, -0.05) is 48.0 Å². The maximum Gasteiger partial charge on any atom is 0.295 e. The fraction of sp³-hybridized carbons (Fsp3) is 0.333. The third-order valence-corrected chi connectivity index (χ3v) is 7.71. The lowest BCUT2D eigenvalue weighted by atomic mass is 9.95. The van der Waals surface area contributed by atoms with E-state index in [-0.39, 0.29) is 11.3 Å². The molecular formula is C33H35ClN2O6. The number of amides is 1. The average Bonchev–Trinajstić information content (AvgIpc) is 3.27. The molecule has 0 saturated carbocycles. The molecule has 2 aliphatic rings. The molecule has 0 spiro atoms. The zero-order valence-corrected chi connectivity index (χ0v) is 24.4. The monoisotopic (exact) mass is 590 g/mol. The number of halogens is 1. The van der Waals surface area contributed by atoms with E-state index in [1.54, 1.807) is 41.3 Å². The first-order valence-electron chi connectivity index (χ1n) is 14.2. The Hall–Kier alpha value is -3.85. The SMILES string of the molecule is CCOc1cc(C2C(=C(O)c3ccc(Cl)cc3)C(=O)C(=O)N2CCCN2CCOCC2)ccc1OCc1ccccc1. The van der Waals surface area contributed by atoms with Gasteiger partial charge in [0.1, 0.15) is 12.4 Å². The lowest BCUT2D eigenvalue weighted by molar-refractivity contribution is -0.140. The number of carbonyl (C=O) groups is 2. The van der Waals surface area contributed by atoms with Crippen LogP contribution in [0.15, 0.2) is 78.4 Å². The van der Waals surface area contributed by atoms with Crippen LogP contribution in [0.3, 0.4) is 0 Å². The Morgan fingerprint density at radius 3 is 2.40 bits per heavy atom. The Balaban J connectivity index is 1.49. The number of benzene rings is 3. The maximum atomic E-state index is 13.5. The highest BCUT2D eigenvalue weighted by Crippen LogP contribution is 2.42. The second-order valence-electron chi connectivity index (χ2n) is 10.2. The fourth-order valence-electron chi connectivity index (χ4n) is 5.33. The average molecular weight is 591 g/mol. The first-order chi connectivity index (χ1) is 20.5. The van der Waals surface area contributed by atoms with Crippen LogP contribution in [0.1, 0.15) is 36.1 Å². The van der Waals surface area contributed by atoms with Crippen molar-refractivity contribution in [3.8, 4) is 11.5 Å². The Morgan fingerprint density at radius 1 is 0.952 bits per heavy atom. The number of aliphatic hydroxyl groups excluding tert-OH is 1. The maximum absolute atomic E-state index is 13.5. The predicted molar refractivity (Wildman–Crippen MR) is 161 cm³/mol. The molecule has 42 heavy (non-hydrogen) atoms. The fourth-order valence-corrected chi connectivity index (χ4v) is 5.45. The van der Waals surface area contributed by atoms with Gasteiger partial charge in [-0.2, -0.15) is 0 Å². The highest BCUT2D eigenvalue weighted by Gasteiger charge is 2.46. The minimum absolute atomic E-state index is 0.0362. The van der Waals surface area contributed by atoms with Crippen molar-refractivity contribution in [3.05, 3.63) is 100 Å². The third-order valence-electron chi connectivity index (χ3n) is 7.46. The lowest BCUT2D eigenvalue weighted by Gasteiger charge is -2.29. The van der Waals surface area contributed by atoms with Crippen LogP contribution < -0.4 is 9.47 Å². The molecule has 0 aliphatic carbocycles. The minimum atomic E-state index is -0.798. The zero-order chi connectivity index (χ0) is 29.5. The Kier molecular flexibility index (Phi) is 9.79. The summed E-state index contributed by atoms with van der Waals surface area (Å²) in [6, 6.07) is 21.0. The summed E-state index contributed by atoms with van der Waals surface area (Å²) in [5, 5.41) is 11.9. The molecule has 3 aromatic rings. The first kappa shape index (κ1) is 29.6. The molecule has 2 heterocycles. The largest absolute Gasteiger partial charge is 0.507 e. The van der Waals surface area contributed by atoms with Crippen molar-refractivity contribution in [1.29, 1.82) is 0 Å². The van der Waals surface area contributed by atoms with E-state index >= 15 is 0 Å². The van der Waals surface area contributed by atoms with Crippen molar-refractivity contribution in [2.75, 3.05) is 46.0 Å². The molecule has 0 bridgehead atoms. The van der Waals surface area contributed by atoms with Gasteiger partial charge in [-0.3, -0.25) is 14.5 Å². The van der Waals surface area contributed by atoms with Crippen LogP contribution in [-0.4, -0.2) is 72.6 Å². The molecule has 1 atom stereocenters. The molecule has 2 fully saturated rings. The molecule has 9 heteroatoms. The van der Waals surface area contributed by atoms with Crippen molar-refractivity contribution < 1.29 is 28.9 Å². The van der Waals surface area contributed by atoms with Gasteiger partial charge in [0.25, 0.3) is 11.7 Å². The van der Waals surface area contributed by atoms with Gasteiger partial charge in [0.2, 0.25) is 0 Å². The van der Waals surface area contributed by atoms with Crippen LogP contribution in [-0.2, 0) is 20.9 Å². The van der Waals surface area contributed by atoms with Crippen molar-refractivity contribution in [2.45, 2.75) is 26.0 Å². The van der Waals surface area contributed by atoms with Crippen LogP contribution in [0.25, 0.3) is 5.76 Å². The van der Waals surface area contributed by atoms with Gasteiger partial charge in [-0.05, 0) is 60.9 Å². The zero-order valence-electron chi connectivity index (χ0n) is 23.6. The van der Waals surface area contributed by atoms with E-state index in [4.69, 9.17) is 25.8 Å². The molecule has 1 unspecified atom stereocenters. The van der Waals surface area contributed by atoms with Gasteiger partial charge in [0, 0.05) is 36.8 Å². The van der Waals surface area contributed by atoms with Gasteiger partial charge < -0.3 is 24.2 Å². The molecule has 1 N–H and O–H groups in total. The molecule has 5 rings (SSSR count). The van der Waals surface area contributed by atoms with E-state index in [9.17, 15) is 14.7 Å². The predicted octanol–water partition coefficient (Wildman–Crippen LogP) is 5.46. The number of carbonyl (C=O) groups excluding carboxylic acids is 2. The van der Waals surface area contributed by atoms with Crippen molar-refractivity contribution in [3.63, 3.8) is 0 Å². The van der Waals surface area contributed by atoms with Crippen LogP contribution in [0, 0.1) is 0 Å². The molecule has 2 aliphatic heterocycles. The second-order valence-corrected chi connectivity index (χ2v) is 10.7.